The lowest BCUT2D eigenvalue weighted by molar-refractivity contribution is 0.0127. The monoisotopic (exact) mass is 359 g/mol. The van der Waals surface area contributed by atoms with Gasteiger partial charge in [-0.25, -0.2) is 0 Å². The fourth-order valence-electron chi connectivity index (χ4n) is 2.87. The lowest BCUT2D eigenvalue weighted by atomic mass is 10.1. The molecule has 0 aromatic heterocycles. The Morgan fingerprint density at radius 1 is 1.50 bits per heavy atom. The van der Waals surface area contributed by atoms with E-state index in [0.29, 0.717) is 16.3 Å². The van der Waals surface area contributed by atoms with E-state index in [1.165, 1.54) is 0 Å². The van der Waals surface area contributed by atoms with Crippen molar-refractivity contribution in [1.82, 2.24) is 4.90 Å². The molecule has 1 aromatic carbocycles. The molecule has 1 amide bonds. The first kappa shape index (κ1) is 14.2. The summed E-state index contributed by atoms with van der Waals surface area (Å²) in [6.07, 6.45) is 2.01. The Kier molecular flexibility index (Phi) is 3.69. The Bertz CT molecular complexity index is 578. The fraction of sp³-hybridized carbons (Fsp3) is 0.500. The van der Waals surface area contributed by atoms with Gasteiger partial charge in [0, 0.05) is 4.47 Å². The van der Waals surface area contributed by atoms with Gasteiger partial charge in [0.25, 0.3) is 5.91 Å². The number of nitrogens with zero attached hydrogens (tertiary/aromatic N) is 1. The van der Waals surface area contributed by atoms with Crippen LogP contribution in [0, 0.1) is 6.92 Å². The third kappa shape index (κ3) is 2.12. The van der Waals surface area contributed by atoms with Gasteiger partial charge in [0.1, 0.15) is 0 Å². The Labute approximate surface area is 130 Å². The molecule has 1 N–H and O–H groups in total. The molecule has 0 saturated heterocycles. The topological polar surface area (TPSA) is 49.8 Å². The number of hydrogen-bond acceptors (Lipinski definition) is 3. The minimum absolute atomic E-state index is 0.125. The molecule has 1 saturated carbocycles. The largest absolute Gasteiger partial charge is 0.471 e. The zero-order chi connectivity index (χ0) is 14.4. The average Bonchev–Trinajstić information content (AvgIpc) is 2.84. The number of ether oxygens (including phenoxy) is 1. The molecular weight excluding hydrogens is 346 g/mol. The van der Waals surface area contributed by atoms with E-state index >= 15 is 0 Å². The normalized spacial score (nSPS) is 25.6. The molecule has 4 nitrogen and oxygen atoms in total. The van der Waals surface area contributed by atoms with Crippen LogP contribution in [-0.4, -0.2) is 34.8 Å². The van der Waals surface area contributed by atoms with Crippen LogP contribution in [0.3, 0.4) is 0 Å². The highest BCUT2D eigenvalue weighted by molar-refractivity contribution is 9.10. The molecule has 0 radical (unpaired) electrons. The summed E-state index contributed by atoms with van der Waals surface area (Å²) in [5.41, 5.74) is 1.31. The predicted molar refractivity (Wildman–Crippen MR) is 79.2 cm³/mol. The molecule has 1 heterocycles. The van der Waals surface area contributed by atoms with E-state index in [-0.39, 0.29) is 18.7 Å². The number of aliphatic hydroxyl groups excluding tert-OH is 1. The van der Waals surface area contributed by atoms with Crippen LogP contribution in [0.15, 0.2) is 10.5 Å². The molecule has 1 aliphatic heterocycles. The quantitative estimate of drug-likeness (QED) is 0.837. The summed E-state index contributed by atoms with van der Waals surface area (Å²) >= 11 is 9.65. The molecule has 108 valence electrons. The zero-order valence-electron chi connectivity index (χ0n) is 11.0. The van der Waals surface area contributed by atoms with Gasteiger partial charge in [0.05, 0.1) is 22.7 Å². The molecule has 0 spiro atoms. The van der Waals surface area contributed by atoms with E-state index in [2.05, 4.69) is 15.9 Å². The van der Waals surface area contributed by atoms with Gasteiger partial charge in [0.15, 0.2) is 12.5 Å². The Morgan fingerprint density at radius 3 is 2.90 bits per heavy atom. The minimum Gasteiger partial charge on any atom is -0.471 e. The molecule has 1 fully saturated rings. The number of rotatable bonds is 1. The van der Waals surface area contributed by atoms with Gasteiger partial charge in [-0.2, -0.15) is 0 Å². The van der Waals surface area contributed by atoms with Crippen molar-refractivity contribution < 1.29 is 14.6 Å². The SMILES string of the molecule is Cc1c(Br)cc2c(c1Cl)OCN([C@@H]1CCC[C@H]1O)C2=O. The summed E-state index contributed by atoms with van der Waals surface area (Å²) < 4.78 is 6.46. The molecule has 1 aliphatic carbocycles. The third-order valence-electron chi connectivity index (χ3n) is 4.09. The fourth-order valence-corrected chi connectivity index (χ4v) is 3.67. The molecule has 2 aliphatic rings. The summed E-state index contributed by atoms with van der Waals surface area (Å²) in [6.45, 7) is 2.02. The van der Waals surface area contributed by atoms with Crippen molar-refractivity contribution in [2.24, 2.45) is 0 Å². The molecule has 2 atom stereocenters. The Hall–Kier alpha value is -0.780. The van der Waals surface area contributed by atoms with Crippen molar-refractivity contribution >= 4 is 33.4 Å². The van der Waals surface area contributed by atoms with Gasteiger partial charge in [0.2, 0.25) is 0 Å². The van der Waals surface area contributed by atoms with Crippen molar-refractivity contribution in [2.45, 2.75) is 38.3 Å². The Morgan fingerprint density at radius 2 is 2.25 bits per heavy atom. The first-order valence-electron chi connectivity index (χ1n) is 6.61. The van der Waals surface area contributed by atoms with Crippen molar-refractivity contribution in [1.29, 1.82) is 0 Å². The highest BCUT2D eigenvalue weighted by Crippen LogP contribution is 2.40. The summed E-state index contributed by atoms with van der Waals surface area (Å²) in [5.74, 6) is 0.320. The van der Waals surface area contributed by atoms with E-state index in [0.717, 1.165) is 29.3 Å². The number of halogens is 2. The van der Waals surface area contributed by atoms with Crippen LogP contribution < -0.4 is 4.74 Å². The lowest BCUT2D eigenvalue weighted by Crippen LogP contribution is -2.48. The van der Waals surface area contributed by atoms with Gasteiger partial charge in [-0.15, -0.1) is 0 Å². The number of carbonyl (C=O) groups excluding carboxylic acids is 1. The first-order valence-corrected chi connectivity index (χ1v) is 7.78. The maximum atomic E-state index is 12.6. The summed E-state index contributed by atoms with van der Waals surface area (Å²) in [7, 11) is 0. The molecule has 20 heavy (non-hydrogen) atoms. The van der Waals surface area contributed by atoms with Crippen LogP contribution in [0.1, 0.15) is 35.2 Å². The zero-order valence-corrected chi connectivity index (χ0v) is 13.4. The molecule has 0 bridgehead atoms. The lowest BCUT2D eigenvalue weighted by Gasteiger charge is -2.35. The minimum atomic E-state index is -0.464. The number of hydrogen-bond donors (Lipinski definition) is 1. The second-order valence-electron chi connectivity index (χ2n) is 5.29. The van der Waals surface area contributed by atoms with E-state index in [9.17, 15) is 9.90 Å². The molecule has 6 heteroatoms. The van der Waals surface area contributed by atoms with Crippen LogP contribution in [0.2, 0.25) is 5.02 Å². The summed E-state index contributed by atoms with van der Waals surface area (Å²) in [5, 5.41) is 10.4. The highest BCUT2D eigenvalue weighted by Gasteiger charge is 2.38. The number of amides is 1. The number of aliphatic hydroxyl groups is 1. The number of carbonyl (C=O) groups is 1. The Balaban J connectivity index is 1.99. The standard InChI is InChI=1S/C14H15BrClNO3/c1-7-9(15)5-8-13(12(7)16)20-6-17(14(8)19)10-3-2-4-11(10)18/h5,10-11,18H,2-4,6H2,1H3/t10-,11-/m1/s1. The van der Waals surface area contributed by atoms with Crippen molar-refractivity contribution in [3.8, 4) is 5.75 Å². The van der Waals surface area contributed by atoms with Crippen LogP contribution >= 0.6 is 27.5 Å². The number of benzene rings is 1. The molecule has 0 unspecified atom stereocenters. The smallest absolute Gasteiger partial charge is 0.260 e. The predicted octanol–water partition coefficient (Wildman–Crippen LogP) is 3.12. The van der Waals surface area contributed by atoms with E-state index in [1.807, 2.05) is 6.92 Å². The second-order valence-corrected chi connectivity index (χ2v) is 6.52. The molecular formula is C14H15BrClNO3. The third-order valence-corrected chi connectivity index (χ3v) is 5.36. The summed E-state index contributed by atoms with van der Waals surface area (Å²) in [6, 6.07) is 1.58. The maximum Gasteiger partial charge on any atom is 0.260 e. The highest BCUT2D eigenvalue weighted by atomic mass is 79.9. The number of fused-ring (bicyclic) bond motifs is 1. The van der Waals surface area contributed by atoms with Crippen molar-refractivity contribution in [2.75, 3.05) is 6.73 Å². The van der Waals surface area contributed by atoms with E-state index < -0.39 is 6.10 Å². The molecule has 3 rings (SSSR count). The average molecular weight is 361 g/mol. The van der Waals surface area contributed by atoms with Crippen LogP contribution in [0.5, 0.6) is 5.75 Å². The summed E-state index contributed by atoms with van der Waals surface area (Å²) in [4.78, 5) is 14.2. The van der Waals surface area contributed by atoms with Crippen LogP contribution in [0.4, 0.5) is 0 Å². The van der Waals surface area contributed by atoms with Crippen molar-refractivity contribution in [3.05, 3.63) is 26.7 Å². The van der Waals surface area contributed by atoms with Crippen molar-refractivity contribution in [3.63, 3.8) is 0 Å². The van der Waals surface area contributed by atoms with Gasteiger partial charge in [-0.1, -0.05) is 27.5 Å². The van der Waals surface area contributed by atoms with Gasteiger partial charge in [-0.05, 0) is 37.8 Å². The molecule has 1 aromatic rings. The van der Waals surface area contributed by atoms with E-state index in [1.54, 1.807) is 11.0 Å². The van der Waals surface area contributed by atoms with Gasteiger partial charge in [-0.3, -0.25) is 9.69 Å². The van der Waals surface area contributed by atoms with E-state index in [4.69, 9.17) is 16.3 Å². The van der Waals surface area contributed by atoms with Crippen LogP contribution in [0.25, 0.3) is 0 Å². The maximum absolute atomic E-state index is 12.6. The van der Waals surface area contributed by atoms with Crippen LogP contribution in [-0.2, 0) is 0 Å². The van der Waals surface area contributed by atoms with Gasteiger partial charge < -0.3 is 9.84 Å². The van der Waals surface area contributed by atoms with Gasteiger partial charge >= 0.3 is 0 Å². The second kappa shape index (κ2) is 5.20. The first-order chi connectivity index (χ1) is 9.50.